The molecule has 0 bridgehead atoms. The van der Waals surface area contributed by atoms with Crippen molar-refractivity contribution in [3.63, 3.8) is 0 Å². The van der Waals surface area contributed by atoms with Crippen molar-refractivity contribution in [2.45, 2.75) is 30.7 Å². The lowest BCUT2D eigenvalue weighted by molar-refractivity contribution is 0.408. The molecule has 3 aromatic rings. The number of methoxy groups -OCH3 is 1. The maximum Gasteiger partial charge on any atom is 0.241 e. The molecule has 8 heteroatoms. The van der Waals surface area contributed by atoms with E-state index >= 15 is 0 Å². The number of hydrogen-bond donors (Lipinski definition) is 1. The first-order valence-corrected chi connectivity index (χ1v) is 9.50. The molecule has 1 N–H and O–H groups in total. The predicted molar refractivity (Wildman–Crippen MR) is 93.5 cm³/mol. The van der Waals surface area contributed by atoms with Crippen LogP contribution in [0.5, 0.6) is 5.75 Å². The van der Waals surface area contributed by atoms with Crippen LogP contribution in [0.15, 0.2) is 41.3 Å². The van der Waals surface area contributed by atoms with Crippen LogP contribution in [-0.2, 0) is 10.0 Å². The third-order valence-corrected chi connectivity index (χ3v) is 5.83. The molecule has 0 saturated heterocycles. The molecule has 0 spiro atoms. The highest BCUT2D eigenvalue weighted by Gasteiger charge is 2.29. The minimum atomic E-state index is -3.56. The summed E-state index contributed by atoms with van der Waals surface area (Å²) >= 11 is 0. The van der Waals surface area contributed by atoms with Gasteiger partial charge < -0.3 is 4.74 Å². The van der Waals surface area contributed by atoms with Gasteiger partial charge in [-0.2, -0.15) is 0 Å². The Morgan fingerprint density at radius 3 is 2.36 bits per heavy atom. The van der Waals surface area contributed by atoms with Crippen LogP contribution in [0.1, 0.15) is 18.4 Å². The topological polar surface area (TPSA) is 86.1 Å². The Morgan fingerprint density at radius 1 is 1.16 bits per heavy atom. The van der Waals surface area contributed by atoms with Crippen LogP contribution in [0.2, 0.25) is 0 Å². The summed E-state index contributed by atoms with van der Waals surface area (Å²) in [5.74, 6) is 0.405. The summed E-state index contributed by atoms with van der Waals surface area (Å²) in [7, 11) is -2.06. The number of nitrogens with zero attached hydrogens (tertiary/aromatic N) is 3. The second-order valence-electron chi connectivity index (χ2n) is 6.16. The van der Waals surface area contributed by atoms with Gasteiger partial charge in [-0.3, -0.25) is 0 Å². The van der Waals surface area contributed by atoms with Crippen LogP contribution >= 0.6 is 0 Å². The predicted octanol–water partition coefficient (Wildman–Crippen LogP) is 2.18. The van der Waals surface area contributed by atoms with Gasteiger partial charge in [-0.15, -0.1) is 15.0 Å². The SMILES string of the molecule is COc1cc(S(=O)(=O)NC2CC2)c(C)cc1-n1nc2ccccc2n1. The molecular formula is C17H18N4O3S. The minimum Gasteiger partial charge on any atom is -0.494 e. The van der Waals surface area contributed by atoms with E-state index < -0.39 is 10.0 Å². The minimum absolute atomic E-state index is 0.0492. The number of sulfonamides is 1. The van der Waals surface area contributed by atoms with Gasteiger partial charge in [0.25, 0.3) is 0 Å². The molecule has 0 aliphatic heterocycles. The lowest BCUT2D eigenvalue weighted by atomic mass is 10.2. The highest BCUT2D eigenvalue weighted by Crippen LogP contribution is 2.30. The molecule has 0 radical (unpaired) electrons. The normalized spacial score (nSPS) is 14.8. The first kappa shape index (κ1) is 16.0. The van der Waals surface area contributed by atoms with E-state index in [1.807, 2.05) is 24.3 Å². The lowest BCUT2D eigenvalue weighted by Crippen LogP contribution is -2.26. The summed E-state index contributed by atoms with van der Waals surface area (Å²) in [5.41, 5.74) is 2.73. The zero-order chi connectivity index (χ0) is 17.6. The van der Waals surface area contributed by atoms with E-state index in [2.05, 4.69) is 14.9 Å². The summed E-state index contributed by atoms with van der Waals surface area (Å²) < 4.78 is 33.2. The van der Waals surface area contributed by atoms with Crippen LogP contribution in [0.4, 0.5) is 0 Å². The maximum atomic E-state index is 12.6. The van der Waals surface area contributed by atoms with E-state index in [1.165, 1.54) is 18.0 Å². The van der Waals surface area contributed by atoms with Gasteiger partial charge in [0.05, 0.1) is 12.0 Å². The van der Waals surface area contributed by atoms with Crippen molar-refractivity contribution in [3.8, 4) is 11.4 Å². The quantitative estimate of drug-likeness (QED) is 0.755. The fourth-order valence-electron chi connectivity index (χ4n) is 2.72. The highest BCUT2D eigenvalue weighted by atomic mass is 32.2. The van der Waals surface area contributed by atoms with Gasteiger partial charge in [0.15, 0.2) is 0 Å². The van der Waals surface area contributed by atoms with Crippen LogP contribution in [0.3, 0.4) is 0 Å². The second kappa shape index (κ2) is 5.82. The molecule has 0 amide bonds. The number of aryl methyl sites for hydroxylation is 1. The van der Waals surface area contributed by atoms with E-state index in [0.717, 1.165) is 23.9 Å². The van der Waals surface area contributed by atoms with E-state index in [1.54, 1.807) is 13.0 Å². The van der Waals surface area contributed by atoms with E-state index in [-0.39, 0.29) is 10.9 Å². The highest BCUT2D eigenvalue weighted by molar-refractivity contribution is 7.89. The third-order valence-electron chi connectivity index (χ3n) is 4.17. The number of benzene rings is 2. The average molecular weight is 358 g/mol. The number of rotatable bonds is 5. The van der Waals surface area contributed by atoms with Crippen molar-refractivity contribution in [3.05, 3.63) is 42.0 Å². The number of ether oxygens (including phenoxy) is 1. The molecule has 4 rings (SSSR count). The second-order valence-corrected chi connectivity index (χ2v) is 7.85. The standard InChI is InChI=1S/C17H18N4O3S/c1-11-9-15(21-18-13-5-3-4-6-14(13)19-21)16(24-2)10-17(11)25(22,23)20-12-7-8-12/h3-6,9-10,12,20H,7-8H2,1-2H3. The molecule has 1 saturated carbocycles. The summed E-state index contributed by atoms with van der Waals surface area (Å²) in [4.78, 5) is 1.69. The van der Waals surface area contributed by atoms with E-state index in [4.69, 9.17) is 4.74 Å². The van der Waals surface area contributed by atoms with Gasteiger partial charge in [0, 0.05) is 12.1 Å². The summed E-state index contributed by atoms with van der Waals surface area (Å²) in [6.45, 7) is 1.76. The summed E-state index contributed by atoms with van der Waals surface area (Å²) in [6.07, 6.45) is 1.77. The molecule has 130 valence electrons. The fourth-order valence-corrected chi connectivity index (χ4v) is 4.26. The molecule has 1 aliphatic rings. The Bertz CT molecular complexity index is 1020. The van der Waals surface area contributed by atoms with Crippen molar-refractivity contribution in [2.24, 2.45) is 0 Å². The molecule has 1 aliphatic carbocycles. The third kappa shape index (κ3) is 2.98. The molecule has 7 nitrogen and oxygen atoms in total. The summed E-state index contributed by atoms with van der Waals surface area (Å²) in [5, 5.41) is 8.89. The van der Waals surface area contributed by atoms with Crippen LogP contribution in [0.25, 0.3) is 16.7 Å². The number of fused-ring (bicyclic) bond motifs is 1. The van der Waals surface area contributed by atoms with Gasteiger partial charge in [0.2, 0.25) is 10.0 Å². The van der Waals surface area contributed by atoms with Crippen molar-refractivity contribution >= 4 is 21.1 Å². The monoisotopic (exact) mass is 358 g/mol. The number of nitrogens with one attached hydrogen (secondary N) is 1. The Morgan fingerprint density at radius 2 is 1.80 bits per heavy atom. The van der Waals surface area contributed by atoms with Gasteiger partial charge in [-0.1, -0.05) is 12.1 Å². The van der Waals surface area contributed by atoms with E-state index in [0.29, 0.717) is 17.0 Å². The molecule has 1 aromatic heterocycles. The molecular weight excluding hydrogens is 340 g/mol. The number of aromatic nitrogens is 3. The van der Waals surface area contributed by atoms with Crippen molar-refractivity contribution in [1.29, 1.82) is 0 Å². The Kier molecular flexibility index (Phi) is 3.73. The van der Waals surface area contributed by atoms with E-state index in [9.17, 15) is 8.42 Å². The van der Waals surface area contributed by atoms with Gasteiger partial charge in [-0.05, 0) is 43.5 Å². The van der Waals surface area contributed by atoms with Crippen molar-refractivity contribution in [2.75, 3.05) is 7.11 Å². The zero-order valence-electron chi connectivity index (χ0n) is 13.9. The lowest BCUT2D eigenvalue weighted by Gasteiger charge is -2.13. The van der Waals surface area contributed by atoms with Gasteiger partial charge >= 0.3 is 0 Å². The Labute approximate surface area is 145 Å². The first-order valence-electron chi connectivity index (χ1n) is 8.01. The summed E-state index contributed by atoms with van der Waals surface area (Å²) in [6, 6.07) is 10.8. The van der Waals surface area contributed by atoms with Gasteiger partial charge in [-0.25, -0.2) is 13.1 Å². The largest absolute Gasteiger partial charge is 0.494 e. The Hall–Kier alpha value is -2.45. The molecule has 1 fully saturated rings. The maximum absolute atomic E-state index is 12.6. The van der Waals surface area contributed by atoms with Gasteiger partial charge in [0.1, 0.15) is 22.5 Å². The molecule has 0 atom stereocenters. The molecule has 25 heavy (non-hydrogen) atoms. The smallest absolute Gasteiger partial charge is 0.241 e. The molecule has 2 aromatic carbocycles. The Balaban J connectivity index is 1.82. The fraction of sp³-hybridized carbons (Fsp3) is 0.294. The average Bonchev–Trinajstić information content (AvgIpc) is 3.27. The van der Waals surface area contributed by atoms with Crippen LogP contribution in [-0.4, -0.2) is 36.6 Å². The van der Waals surface area contributed by atoms with Crippen molar-refractivity contribution in [1.82, 2.24) is 19.7 Å². The first-order chi connectivity index (χ1) is 12.0. The molecule has 0 unspecified atom stereocenters. The molecule has 1 heterocycles. The number of hydrogen-bond acceptors (Lipinski definition) is 5. The van der Waals surface area contributed by atoms with Crippen LogP contribution in [0, 0.1) is 6.92 Å². The zero-order valence-corrected chi connectivity index (χ0v) is 14.7. The van der Waals surface area contributed by atoms with Crippen LogP contribution < -0.4 is 9.46 Å². The van der Waals surface area contributed by atoms with Crippen molar-refractivity contribution < 1.29 is 13.2 Å².